The van der Waals surface area contributed by atoms with Gasteiger partial charge in [-0.3, -0.25) is 4.90 Å². The van der Waals surface area contributed by atoms with Crippen molar-refractivity contribution in [1.29, 1.82) is 0 Å². The lowest BCUT2D eigenvalue weighted by atomic mass is 9.93. The molecule has 0 bridgehead atoms. The summed E-state index contributed by atoms with van der Waals surface area (Å²) in [5, 5.41) is 21.9. The molecule has 0 atom stereocenters. The number of carboxylic acid groups (broad SMARTS) is 2. The van der Waals surface area contributed by atoms with Gasteiger partial charge in [-0.15, -0.1) is 11.3 Å². The first-order chi connectivity index (χ1) is 17.3. The first kappa shape index (κ1) is 26.5. The number of aromatic carboxylic acids is 1. The largest absolute Gasteiger partial charge is 0.479 e. The van der Waals surface area contributed by atoms with Gasteiger partial charge in [-0.2, -0.15) is 0 Å². The molecule has 1 aromatic heterocycles. The summed E-state index contributed by atoms with van der Waals surface area (Å²) < 4.78 is 5.69. The standard InChI is InChI=1S/C26H31BrN2O6S/c27-21-22(35-15-20(30)31)24(25(32)33)36-23(21)16-8-7-13-19(14-16)29(18-11-5-2-6-12-18)26(34)28-17-9-3-1-4-10-17/h7-8,13-14,17-18H,1-6,9-12,15H2,(H,28,34)(H,30,31)(H,32,33). The molecule has 3 N–H and O–H groups in total. The van der Waals surface area contributed by atoms with Gasteiger partial charge in [0.1, 0.15) is 0 Å². The predicted octanol–water partition coefficient (Wildman–Crippen LogP) is 6.52. The van der Waals surface area contributed by atoms with E-state index in [2.05, 4.69) is 21.2 Å². The van der Waals surface area contributed by atoms with Crippen LogP contribution in [0.15, 0.2) is 28.7 Å². The molecule has 194 valence electrons. The number of thiophene rings is 1. The van der Waals surface area contributed by atoms with Crippen LogP contribution in [0.5, 0.6) is 5.75 Å². The first-order valence-electron chi connectivity index (χ1n) is 12.5. The Kier molecular flexibility index (Phi) is 8.90. The molecule has 4 rings (SSSR count). The van der Waals surface area contributed by atoms with E-state index in [0.29, 0.717) is 9.35 Å². The third-order valence-corrected chi connectivity index (χ3v) is 9.05. The lowest BCUT2D eigenvalue weighted by Crippen LogP contribution is -2.50. The van der Waals surface area contributed by atoms with Crippen LogP contribution in [0.1, 0.15) is 73.9 Å². The van der Waals surface area contributed by atoms with E-state index >= 15 is 0 Å². The molecule has 2 aromatic rings. The van der Waals surface area contributed by atoms with Crippen LogP contribution in [0.4, 0.5) is 10.5 Å². The van der Waals surface area contributed by atoms with Crippen molar-refractivity contribution < 1.29 is 29.3 Å². The number of carbonyl (C=O) groups excluding carboxylic acids is 1. The number of carbonyl (C=O) groups is 3. The molecule has 0 radical (unpaired) electrons. The first-order valence-corrected chi connectivity index (χ1v) is 14.1. The van der Waals surface area contributed by atoms with Gasteiger partial charge in [0.15, 0.2) is 17.2 Å². The van der Waals surface area contributed by atoms with E-state index in [-0.39, 0.29) is 28.7 Å². The minimum atomic E-state index is -1.20. The lowest BCUT2D eigenvalue weighted by Gasteiger charge is -2.36. The number of benzene rings is 1. The Bertz CT molecular complexity index is 1110. The van der Waals surface area contributed by atoms with Crippen LogP contribution in [0.3, 0.4) is 0 Å². The maximum Gasteiger partial charge on any atom is 0.349 e. The number of anilines is 1. The second kappa shape index (κ2) is 12.1. The molecule has 1 heterocycles. The summed E-state index contributed by atoms with van der Waals surface area (Å²) in [4.78, 5) is 38.8. The lowest BCUT2D eigenvalue weighted by molar-refractivity contribution is -0.139. The van der Waals surface area contributed by atoms with Crippen molar-refractivity contribution in [2.24, 2.45) is 0 Å². The normalized spacial score (nSPS) is 16.9. The van der Waals surface area contributed by atoms with E-state index < -0.39 is 18.5 Å². The van der Waals surface area contributed by atoms with Crippen LogP contribution in [0.2, 0.25) is 0 Å². The number of ether oxygens (including phenoxy) is 1. The number of hydrogen-bond acceptors (Lipinski definition) is 5. The topological polar surface area (TPSA) is 116 Å². The molecular weight excluding hydrogens is 548 g/mol. The number of carboxylic acids is 2. The van der Waals surface area contributed by atoms with Crippen molar-refractivity contribution in [1.82, 2.24) is 5.32 Å². The maximum atomic E-state index is 13.6. The molecule has 0 spiro atoms. The monoisotopic (exact) mass is 578 g/mol. The molecule has 36 heavy (non-hydrogen) atoms. The molecule has 8 nitrogen and oxygen atoms in total. The van der Waals surface area contributed by atoms with Crippen LogP contribution >= 0.6 is 27.3 Å². The van der Waals surface area contributed by atoms with Gasteiger partial charge in [0.2, 0.25) is 0 Å². The second-order valence-electron chi connectivity index (χ2n) is 9.39. The van der Waals surface area contributed by atoms with Crippen molar-refractivity contribution in [3.8, 4) is 16.2 Å². The zero-order chi connectivity index (χ0) is 25.7. The summed E-state index contributed by atoms with van der Waals surface area (Å²) in [6.45, 7) is -0.647. The third kappa shape index (κ3) is 6.21. The summed E-state index contributed by atoms with van der Waals surface area (Å²) >= 11 is 4.43. The Morgan fingerprint density at radius 2 is 1.69 bits per heavy atom. The van der Waals surface area contributed by atoms with Crippen molar-refractivity contribution in [3.63, 3.8) is 0 Å². The van der Waals surface area contributed by atoms with E-state index in [1.54, 1.807) is 0 Å². The molecule has 0 aliphatic heterocycles. The summed E-state index contributed by atoms with van der Waals surface area (Å²) in [7, 11) is 0. The Hall–Kier alpha value is -2.59. The number of amides is 2. The number of urea groups is 1. The van der Waals surface area contributed by atoms with Gasteiger partial charge in [-0.25, -0.2) is 14.4 Å². The number of nitrogens with one attached hydrogen (secondary N) is 1. The minimum absolute atomic E-state index is 0.00511. The van der Waals surface area contributed by atoms with Gasteiger partial charge in [0, 0.05) is 17.8 Å². The number of aliphatic carboxylic acids is 1. The van der Waals surface area contributed by atoms with E-state index in [9.17, 15) is 19.5 Å². The average Bonchev–Trinajstić information content (AvgIpc) is 3.21. The zero-order valence-corrected chi connectivity index (χ0v) is 22.4. The van der Waals surface area contributed by atoms with Gasteiger partial charge in [-0.05, 0) is 59.3 Å². The van der Waals surface area contributed by atoms with Gasteiger partial charge in [0.25, 0.3) is 0 Å². The number of rotatable bonds is 8. The van der Waals surface area contributed by atoms with Crippen molar-refractivity contribution >= 4 is 50.9 Å². The van der Waals surface area contributed by atoms with Gasteiger partial charge >= 0.3 is 18.0 Å². The van der Waals surface area contributed by atoms with Crippen LogP contribution in [-0.4, -0.2) is 46.9 Å². The highest BCUT2D eigenvalue weighted by atomic mass is 79.9. The molecule has 2 aliphatic rings. The number of nitrogens with zero attached hydrogens (tertiary/aromatic N) is 1. The van der Waals surface area contributed by atoms with Crippen molar-refractivity contribution in [2.45, 2.75) is 76.3 Å². The van der Waals surface area contributed by atoms with Crippen molar-refractivity contribution in [2.75, 3.05) is 11.5 Å². The molecule has 2 aliphatic carbocycles. The van der Waals surface area contributed by atoms with Crippen LogP contribution in [0.25, 0.3) is 10.4 Å². The summed E-state index contributed by atoms with van der Waals surface area (Å²) in [6.07, 6.45) is 10.7. The smallest absolute Gasteiger partial charge is 0.349 e. The fraction of sp³-hybridized carbons (Fsp3) is 0.500. The van der Waals surface area contributed by atoms with Gasteiger partial charge in [0.05, 0.1) is 9.35 Å². The average molecular weight is 580 g/mol. The molecule has 2 amide bonds. The summed E-state index contributed by atoms with van der Waals surface area (Å²) in [5.41, 5.74) is 1.49. The molecule has 1 aromatic carbocycles. The molecule has 0 saturated heterocycles. The SMILES string of the molecule is O=C(O)COc1c(C(=O)O)sc(-c2cccc(N(C(=O)NC3CCCCC3)C3CCCCC3)c2)c1Br. The summed E-state index contributed by atoms with van der Waals surface area (Å²) in [5.74, 6) is -2.39. The summed E-state index contributed by atoms with van der Waals surface area (Å²) in [6, 6.07) is 7.75. The highest BCUT2D eigenvalue weighted by molar-refractivity contribution is 9.10. The molecular formula is C26H31BrN2O6S. The maximum absolute atomic E-state index is 13.6. The fourth-order valence-corrected chi connectivity index (χ4v) is 6.99. The highest BCUT2D eigenvalue weighted by Gasteiger charge is 2.30. The molecule has 0 unspecified atom stereocenters. The minimum Gasteiger partial charge on any atom is -0.479 e. The van der Waals surface area contributed by atoms with Gasteiger partial charge < -0.3 is 20.3 Å². The highest BCUT2D eigenvalue weighted by Crippen LogP contribution is 2.46. The van der Waals surface area contributed by atoms with Crippen LogP contribution in [0, 0.1) is 0 Å². The van der Waals surface area contributed by atoms with Gasteiger partial charge in [-0.1, -0.05) is 50.7 Å². The third-order valence-electron chi connectivity index (χ3n) is 6.82. The Morgan fingerprint density at radius 3 is 2.33 bits per heavy atom. The van der Waals surface area contributed by atoms with E-state index in [0.717, 1.165) is 74.0 Å². The van der Waals surface area contributed by atoms with Crippen LogP contribution < -0.4 is 15.0 Å². The second-order valence-corrected chi connectivity index (χ2v) is 11.2. The Balaban J connectivity index is 1.67. The molecule has 2 fully saturated rings. The van der Waals surface area contributed by atoms with Crippen molar-refractivity contribution in [3.05, 3.63) is 33.6 Å². The van der Waals surface area contributed by atoms with E-state index in [1.807, 2.05) is 29.2 Å². The fourth-order valence-electron chi connectivity index (χ4n) is 5.11. The number of halogens is 1. The van der Waals surface area contributed by atoms with E-state index in [1.165, 1.54) is 12.8 Å². The predicted molar refractivity (Wildman–Crippen MR) is 142 cm³/mol. The zero-order valence-electron chi connectivity index (χ0n) is 20.0. The molecule has 2 saturated carbocycles. The van der Waals surface area contributed by atoms with E-state index in [4.69, 9.17) is 9.84 Å². The number of hydrogen-bond donors (Lipinski definition) is 3. The quantitative estimate of drug-likeness (QED) is 0.328. The Morgan fingerprint density at radius 1 is 1.03 bits per heavy atom. The Labute approximate surface area is 222 Å². The van der Waals surface area contributed by atoms with Crippen LogP contribution in [-0.2, 0) is 4.79 Å². The molecule has 10 heteroatoms.